The molecule has 2 rings (SSSR count). The van der Waals surface area contributed by atoms with Crippen molar-refractivity contribution in [3.63, 3.8) is 0 Å². The first kappa shape index (κ1) is 10.7. The third-order valence-electron chi connectivity index (χ3n) is 2.38. The van der Waals surface area contributed by atoms with Crippen LogP contribution in [0.25, 0.3) is 0 Å². The molecule has 6 heteroatoms. The topological polar surface area (TPSA) is 52.6 Å². The van der Waals surface area contributed by atoms with Crippen LogP contribution in [0.3, 0.4) is 0 Å². The summed E-state index contributed by atoms with van der Waals surface area (Å²) in [4.78, 5) is 11.7. The molecule has 1 aliphatic rings. The van der Waals surface area contributed by atoms with Gasteiger partial charge in [-0.05, 0) is 23.3 Å². The molecule has 0 unspecified atom stereocenters. The minimum atomic E-state index is -2.88. The number of halogens is 2. The molecule has 0 saturated heterocycles. The molecule has 0 saturated carbocycles. The number of hydrogen-bond donors (Lipinski definition) is 0. The Morgan fingerprint density at radius 3 is 2.69 bits per heavy atom. The van der Waals surface area contributed by atoms with Crippen LogP contribution in [0.4, 0.5) is 13.6 Å². The molecule has 0 atom stereocenters. The maximum Gasteiger partial charge on any atom is 0.387 e. The largest absolute Gasteiger partial charge is 0.530 e. The summed E-state index contributed by atoms with van der Waals surface area (Å²) in [6.07, 6.45) is -1.27. The Labute approximate surface area is 90.0 Å². The molecule has 0 radical (unpaired) electrons. The SMILES string of the molecule is O=C([O-])N1Cc2ccc(OC(F)F)cc2C1. The fraction of sp³-hybridized carbons (Fsp3) is 0.300. The lowest BCUT2D eigenvalue weighted by atomic mass is 10.1. The number of benzene rings is 1. The van der Waals surface area contributed by atoms with Crippen molar-refractivity contribution in [2.75, 3.05) is 0 Å². The van der Waals surface area contributed by atoms with Gasteiger partial charge in [-0.2, -0.15) is 8.78 Å². The Morgan fingerprint density at radius 2 is 2.06 bits per heavy atom. The molecule has 1 aromatic rings. The van der Waals surface area contributed by atoms with E-state index >= 15 is 0 Å². The van der Waals surface area contributed by atoms with E-state index in [4.69, 9.17) is 0 Å². The van der Waals surface area contributed by atoms with Crippen LogP contribution >= 0.6 is 0 Å². The zero-order valence-corrected chi connectivity index (χ0v) is 8.15. The van der Waals surface area contributed by atoms with Crippen molar-refractivity contribution < 1.29 is 23.4 Å². The van der Waals surface area contributed by atoms with Crippen LogP contribution in [0.15, 0.2) is 18.2 Å². The normalized spacial score (nSPS) is 14.1. The Balaban J connectivity index is 2.17. The molecular weight excluding hydrogens is 220 g/mol. The second kappa shape index (κ2) is 3.96. The molecule has 1 aliphatic heterocycles. The van der Waals surface area contributed by atoms with Gasteiger partial charge in [0.15, 0.2) is 0 Å². The highest BCUT2D eigenvalue weighted by atomic mass is 19.3. The highest BCUT2D eigenvalue weighted by molar-refractivity contribution is 5.64. The molecule has 4 nitrogen and oxygen atoms in total. The Morgan fingerprint density at radius 1 is 1.38 bits per heavy atom. The van der Waals surface area contributed by atoms with E-state index in [2.05, 4.69) is 4.74 Å². The van der Waals surface area contributed by atoms with E-state index in [1.165, 1.54) is 12.1 Å². The average Bonchev–Trinajstić information content (AvgIpc) is 2.59. The average molecular weight is 228 g/mol. The van der Waals surface area contributed by atoms with Gasteiger partial charge in [0.1, 0.15) is 11.8 Å². The summed E-state index contributed by atoms with van der Waals surface area (Å²) in [7, 11) is 0. The summed E-state index contributed by atoms with van der Waals surface area (Å²) in [6.45, 7) is -2.50. The van der Waals surface area contributed by atoms with Crippen molar-refractivity contribution in [2.45, 2.75) is 19.7 Å². The van der Waals surface area contributed by atoms with Gasteiger partial charge in [0, 0.05) is 13.1 Å². The van der Waals surface area contributed by atoms with Crippen LogP contribution in [-0.2, 0) is 13.1 Å². The number of hydrogen-bond acceptors (Lipinski definition) is 3. The lowest BCUT2D eigenvalue weighted by Gasteiger charge is -2.17. The second-order valence-electron chi connectivity index (χ2n) is 3.43. The first-order chi connectivity index (χ1) is 7.56. The first-order valence-electron chi connectivity index (χ1n) is 4.59. The van der Waals surface area contributed by atoms with Gasteiger partial charge in [0.25, 0.3) is 0 Å². The van der Waals surface area contributed by atoms with Gasteiger partial charge < -0.3 is 19.5 Å². The smallest absolute Gasteiger partial charge is 0.387 e. The summed E-state index contributed by atoms with van der Waals surface area (Å²) < 4.78 is 28.1. The number of fused-ring (bicyclic) bond motifs is 1. The zero-order valence-electron chi connectivity index (χ0n) is 8.15. The lowest BCUT2D eigenvalue weighted by molar-refractivity contribution is -0.266. The Bertz CT molecular complexity index is 423. The molecule has 0 aliphatic carbocycles. The van der Waals surface area contributed by atoms with Crippen LogP contribution < -0.4 is 9.84 Å². The zero-order chi connectivity index (χ0) is 11.7. The van der Waals surface area contributed by atoms with Crippen molar-refractivity contribution in [1.29, 1.82) is 0 Å². The molecule has 16 heavy (non-hydrogen) atoms. The van der Waals surface area contributed by atoms with Crippen molar-refractivity contribution >= 4 is 6.09 Å². The second-order valence-corrected chi connectivity index (χ2v) is 3.43. The van der Waals surface area contributed by atoms with Gasteiger partial charge >= 0.3 is 6.61 Å². The summed E-state index contributed by atoms with van der Waals surface area (Å²) in [6, 6.07) is 4.39. The van der Waals surface area contributed by atoms with Gasteiger partial charge in [0.05, 0.1) is 0 Å². The molecule has 0 bridgehead atoms. The fourth-order valence-electron chi connectivity index (χ4n) is 1.68. The van der Waals surface area contributed by atoms with E-state index in [0.29, 0.717) is 5.56 Å². The van der Waals surface area contributed by atoms with Crippen molar-refractivity contribution in [1.82, 2.24) is 4.90 Å². The van der Waals surface area contributed by atoms with E-state index in [1.54, 1.807) is 6.07 Å². The van der Waals surface area contributed by atoms with Crippen molar-refractivity contribution in [3.05, 3.63) is 29.3 Å². The van der Waals surface area contributed by atoms with E-state index in [-0.39, 0.29) is 18.8 Å². The van der Waals surface area contributed by atoms with Crippen LogP contribution in [-0.4, -0.2) is 17.6 Å². The number of carboxylic acid groups (broad SMARTS) is 1. The number of amides is 1. The highest BCUT2D eigenvalue weighted by Crippen LogP contribution is 2.27. The molecule has 0 fully saturated rings. The van der Waals surface area contributed by atoms with Crippen LogP contribution in [0.2, 0.25) is 0 Å². The minimum absolute atomic E-state index is 0.0361. The minimum Gasteiger partial charge on any atom is -0.530 e. The third kappa shape index (κ3) is 2.05. The van der Waals surface area contributed by atoms with Gasteiger partial charge in [0.2, 0.25) is 0 Å². The van der Waals surface area contributed by atoms with Crippen molar-refractivity contribution in [3.8, 4) is 5.75 Å². The maximum atomic E-state index is 11.9. The first-order valence-corrected chi connectivity index (χ1v) is 4.59. The summed E-state index contributed by atoms with van der Waals surface area (Å²) in [5, 5.41) is 10.6. The quantitative estimate of drug-likeness (QED) is 0.757. The third-order valence-corrected chi connectivity index (χ3v) is 2.38. The molecule has 1 amide bonds. The number of alkyl halides is 2. The molecule has 1 heterocycles. The van der Waals surface area contributed by atoms with E-state index < -0.39 is 12.7 Å². The van der Waals surface area contributed by atoms with Crippen molar-refractivity contribution in [2.24, 2.45) is 0 Å². The Hall–Kier alpha value is -1.85. The molecular formula is C10H8F2NO3-. The summed E-state index contributed by atoms with van der Waals surface area (Å²) in [5.41, 5.74) is 1.45. The van der Waals surface area contributed by atoms with Crippen LogP contribution in [0.5, 0.6) is 5.75 Å². The molecule has 1 aromatic carbocycles. The van der Waals surface area contributed by atoms with Gasteiger partial charge in [-0.3, -0.25) is 0 Å². The van der Waals surface area contributed by atoms with E-state index in [0.717, 1.165) is 10.5 Å². The molecule has 0 N–H and O–H groups in total. The standard InChI is InChI=1S/C10H9F2NO3/c11-9(12)16-8-2-1-6-4-13(10(14)15)5-7(6)3-8/h1-3,9H,4-5H2,(H,14,15)/p-1. The molecule has 0 aromatic heterocycles. The number of carbonyl (C=O) groups excluding carboxylic acids is 1. The van der Waals surface area contributed by atoms with Gasteiger partial charge in [-0.25, -0.2) is 0 Å². The van der Waals surface area contributed by atoms with Gasteiger partial charge in [-0.15, -0.1) is 0 Å². The monoisotopic (exact) mass is 228 g/mol. The lowest BCUT2D eigenvalue weighted by Crippen LogP contribution is -2.37. The number of ether oxygens (including phenoxy) is 1. The fourth-order valence-corrected chi connectivity index (χ4v) is 1.68. The summed E-state index contributed by atoms with van der Waals surface area (Å²) in [5.74, 6) is 0.0361. The number of nitrogens with zero attached hydrogens (tertiary/aromatic N) is 1. The van der Waals surface area contributed by atoms with Crippen LogP contribution in [0.1, 0.15) is 11.1 Å². The number of rotatable bonds is 2. The Kier molecular flexibility index (Phi) is 2.64. The van der Waals surface area contributed by atoms with E-state index in [1.807, 2.05) is 0 Å². The van der Waals surface area contributed by atoms with E-state index in [9.17, 15) is 18.7 Å². The van der Waals surface area contributed by atoms with Crippen LogP contribution in [0, 0.1) is 0 Å². The molecule has 0 spiro atoms. The number of carbonyl (C=O) groups is 1. The summed E-state index contributed by atoms with van der Waals surface area (Å²) >= 11 is 0. The maximum absolute atomic E-state index is 11.9. The molecule has 86 valence electrons. The highest BCUT2D eigenvalue weighted by Gasteiger charge is 2.19. The predicted molar refractivity (Wildman–Crippen MR) is 47.7 cm³/mol. The van der Waals surface area contributed by atoms with Gasteiger partial charge in [-0.1, -0.05) is 6.07 Å². The predicted octanol–water partition coefficient (Wildman–Crippen LogP) is 0.947.